The van der Waals surface area contributed by atoms with Crippen LogP contribution in [-0.2, 0) is 4.74 Å². The number of hydrogen-bond acceptors (Lipinski definition) is 7. The number of ether oxygens (including phenoxy) is 2. The fraction of sp³-hybridized carbons (Fsp3) is 0.565. The largest absolute Gasteiger partial charge is 0.473 e. The van der Waals surface area contributed by atoms with Crippen molar-refractivity contribution in [2.45, 2.75) is 63.1 Å². The molecule has 0 bridgehead atoms. The molecule has 5 rings (SSSR count). The molecule has 0 atom stereocenters. The van der Waals surface area contributed by atoms with Gasteiger partial charge < -0.3 is 14.8 Å². The zero-order chi connectivity index (χ0) is 21.1. The van der Waals surface area contributed by atoms with E-state index in [0.29, 0.717) is 30.3 Å². The molecule has 9 heteroatoms. The summed E-state index contributed by atoms with van der Waals surface area (Å²) in [7, 11) is 0. The van der Waals surface area contributed by atoms with Gasteiger partial charge in [0.2, 0.25) is 5.88 Å². The Labute approximate surface area is 194 Å². The third kappa shape index (κ3) is 5.06. The molecule has 0 unspecified atom stereocenters. The Hall–Kier alpha value is -2.61. The molecular formula is C23H30ClN5O3. The van der Waals surface area contributed by atoms with Gasteiger partial charge >= 0.3 is 6.09 Å². The van der Waals surface area contributed by atoms with E-state index in [0.717, 1.165) is 50.9 Å². The average molecular weight is 460 g/mol. The Balaban J connectivity index is 0.00000245. The maximum Gasteiger partial charge on any atom is 0.416 e. The number of pyridine rings is 1. The Bertz CT molecular complexity index is 884. The number of amides is 1. The number of nitrogens with zero attached hydrogens (tertiary/aromatic N) is 4. The number of nitrogens with one attached hydrogen (secondary N) is 1. The quantitative estimate of drug-likeness (QED) is 0.674. The molecule has 8 nitrogen and oxygen atoms in total. The number of carbonyl (C=O) groups excluding carboxylic acids is 1. The van der Waals surface area contributed by atoms with Gasteiger partial charge in [0.05, 0.1) is 6.54 Å². The van der Waals surface area contributed by atoms with Crippen molar-refractivity contribution in [3.05, 3.63) is 36.5 Å². The van der Waals surface area contributed by atoms with Gasteiger partial charge in [-0.2, -0.15) is 0 Å². The zero-order valence-corrected chi connectivity index (χ0v) is 18.9. The molecule has 2 saturated carbocycles. The van der Waals surface area contributed by atoms with E-state index in [9.17, 15) is 4.79 Å². The predicted molar refractivity (Wildman–Crippen MR) is 123 cm³/mol. The highest BCUT2D eigenvalue weighted by Crippen LogP contribution is 2.40. The molecule has 1 amide bonds. The van der Waals surface area contributed by atoms with Crippen molar-refractivity contribution in [3.63, 3.8) is 0 Å². The fourth-order valence-corrected chi connectivity index (χ4v) is 4.88. The summed E-state index contributed by atoms with van der Waals surface area (Å²) in [6.07, 6.45) is 10.2. The van der Waals surface area contributed by atoms with Crippen LogP contribution in [0.5, 0.6) is 5.88 Å². The Kier molecular flexibility index (Phi) is 6.98. The molecule has 0 radical (unpaired) electrons. The molecule has 0 aromatic carbocycles. The molecule has 172 valence electrons. The highest BCUT2D eigenvalue weighted by molar-refractivity contribution is 5.89. The molecule has 1 spiro atoms. The molecule has 2 aliphatic carbocycles. The molecule has 3 heterocycles. The minimum Gasteiger partial charge on any atom is -0.473 e. The van der Waals surface area contributed by atoms with Gasteiger partial charge in [0.25, 0.3) is 0 Å². The van der Waals surface area contributed by atoms with Crippen LogP contribution >= 0.6 is 12.4 Å². The second-order valence-electron chi connectivity index (χ2n) is 8.93. The summed E-state index contributed by atoms with van der Waals surface area (Å²) >= 11 is 0. The van der Waals surface area contributed by atoms with Gasteiger partial charge in [-0.1, -0.05) is 6.07 Å². The Morgan fingerprint density at radius 3 is 2.59 bits per heavy atom. The van der Waals surface area contributed by atoms with Crippen molar-refractivity contribution < 1.29 is 14.3 Å². The van der Waals surface area contributed by atoms with E-state index in [1.54, 1.807) is 11.1 Å². The van der Waals surface area contributed by atoms with E-state index >= 15 is 0 Å². The maximum absolute atomic E-state index is 12.4. The van der Waals surface area contributed by atoms with E-state index in [1.807, 2.05) is 30.3 Å². The molecule has 32 heavy (non-hydrogen) atoms. The first-order valence-corrected chi connectivity index (χ1v) is 11.3. The number of rotatable bonds is 6. The third-order valence-corrected chi connectivity index (χ3v) is 6.71. The summed E-state index contributed by atoms with van der Waals surface area (Å²) in [4.78, 5) is 18.4. The molecule has 1 saturated heterocycles. The fourth-order valence-electron chi connectivity index (χ4n) is 4.88. The summed E-state index contributed by atoms with van der Waals surface area (Å²) in [6.45, 7) is 1.42. The van der Waals surface area contributed by atoms with Crippen molar-refractivity contribution >= 4 is 30.1 Å². The van der Waals surface area contributed by atoms with Crippen molar-refractivity contribution in [3.8, 4) is 5.88 Å². The van der Waals surface area contributed by atoms with Crippen LogP contribution < -0.4 is 15.0 Å². The van der Waals surface area contributed by atoms with E-state index in [1.165, 1.54) is 12.8 Å². The summed E-state index contributed by atoms with van der Waals surface area (Å²) < 4.78 is 11.7. The van der Waals surface area contributed by atoms with Gasteiger partial charge in [-0.3, -0.25) is 4.90 Å². The first kappa shape index (κ1) is 22.6. The molecule has 3 aliphatic rings. The minimum atomic E-state index is -0.385. The number of hydrogen-bond donors (Lipinski definition) is 1. The van der Waals surface area contributed by atoms with Gasteiger partial charge in [-0.05, 0) is 75.5 Å². The van der Waals surface area contributed by atoms with Crippen LogP contribution in [0.3, 0.4) is 0 Å². The Morgan fingerprint density at radius 2 is 1.91 bits per heavy atom. The zero-order valence-electron chi connectivity index (χ0n) is 18.1. The van der Waals surface area contributed by atoms with Gasteiger partial charge in [0.15, 0.2) is 0 Å². The lowest BCUT2D eigenvalue weighted by Crippen LogP contribution is -2.39. The maximum atomic E-state index is 12.4. The van der Waals surface area contributed by atoms with Gasteiger partial charge in [-0.15, -0.1) is 22.6 Å². The second kappa shape index (κ2) is 9.90. The molecule has 2 aromatic heterocycles. The SMILES string of the molecule is Cl.O=C1OC2(CCC(CNc3ccc(OC4CCCC4)nn3)CC2)CN1c1ccccn1. The van der Waals surface area contributed by atoms with E-state index < -0.39 is 0 Å². The molecule has 2 aromatic rings. The summed E-state index contributed by atoms with van der Waals surface area (Å²) in [5.41, 5.74) is -0.385. The number of carbonyl (C=O) groups is 1. The smallest absolute Gasteiger partial charge is 0.416 e. The van der Waals surface area contributed by atoms with Crippen LogP contribution in [-0.4, -0.2) is 46.1 Å². The van der Waals surface area contributed by atoms with Crippen molar-refractivity contribution in [1.82, 2.24) is 15.2 Å². The van der Waals surface area contributed by atoms with E-state index in [4.69, 9.17) is 9.47 Å². The molecule has 1 aliphatic heterocycles. The van der Waals surface area contributed by atoms with Crippen LogP contribution in [0.1, 0.15) is 51.4 Å². The van der Waals surface area contributed by atoms with Crippen LogP contribution in [0, 0.1) is 5.92 Å². The standard InChI is InChI=1S/C23H29N5O3.ClH/c29-22-28(20-7-3-4-14-24-20)16-23(31-22)12-10-17(11-13-23)15-25-19-8-9-21(27-26-19)30-18-5-1-2-6-18;/h3-4,7-9,14,17-18H,1-2,5-6,10-13,15-16H2,(H,25,26);1H. The molecule has 1 N–H and O–H groups in total. The van der Waals surface area contributed by atoms with Crippen LogP contribution in [0.4, 0.5) is 16.4 Å². The van der Waals surface area contributed by atoms with E-state index in [-0.39, 0.29) is 24.1 Å². The van der Waals surface area contributed by atoms with Crippen LogP contribution in [0.25, 0.3) is 0 Å². The Morgan fingerprint density at radius 1 is 1.09 bits per heavy atom. The summed E-state index contributed by atoms with van der Waals surface area (Å²) in [5, 5.41) is 11.9. The monoisotopic (exact) mass is 459 g/mol. The summed E-state index contributed by atoms with van der Waals surface area (Å²) in [5.74, 6) is 2.56. The lowest BCUT2D eigenvalue weighted by molar-refractivity contribution is 0.0148. The van der Waals surface area contributed by atoms with Gasteiger partial charge in [-0.25, -0.2) is 9.78 Å². The molecular weight excluding hydrogens is 430 g/mol. The predicted octanol–water partition coefficient (Wildman–Crippen LogP) is 4.61. The topological polar surface area (TPSA) is 89.5 Å². The normalized spacial score (nSPS) is 25.4. The number of halogens is 1. The summed E-state index contributed by atoms with van der Waals surface area (Å²) in [6, 6.07) is 9.42. The lowest BCUT2D eigenvalue weighted by Gasteiger charge is -2.35. The third-order valence-electron chi connectivity index (χ3n) is 6.71. The highest BCUT2D eigenvalue weighted by atomic mass is 35.5. The first-order chi connectivity index (χ1) is 15.2. The average Bonchev–Trinajstić information content (AvgIpc) is 3.43. The van der Waals surface area contributed by atoms with Crippen molar-refractivity contribution in [2.75, 3.05) is 23.3 Å². The van der Waals surface area contributed by atoms with Crippen LogP contribution in [0.15, 0.2) is 36.5 Å². The number of anilines is 2. The van der Waals surface area contributed by atoms with Crippen molar-refractivity contribution in [1.29, 1.82) is 0 Å². The minimum absolute atomic E-state index is 0. The van der Waals surface area contributed by atoms with Gasteiger partial charge in [0.1, 0.15) is 23.3 Å². The highest BCUT2D eigenvalue weighted by Gasteiger charge is 2.47. The van der Waals surface area contributed by atoms with Gasteiger partial charge in [0, 0.05) is 18.8 Å². The first-order valence-electron chi connectivity index (χ1n) is 11.3. The van der Waals surface area contributed by atoms with E-state index in [2.05, 4.69) is 20.5 Å². The molecule has 3 fully saturated rings. The second-order valence-corrected chi connectivity index (χ2v) is 8.93. The number of aromatic nitrogens is 3. The van der Waals surface area contributed by atoms with Crippen molar-refractivity contribution in [2.24, 2.45) is 5.92 Å². The lowest BCUT2D eigenvalue weighted by atomic mass is 9.78. The van der Waals surface area contributed by atoms with Crippen LogP contribution in [0.2, 0.25) is 0 Å².